The van der Waals surface area contributed by atoms with Crippen LogP contribution in [0.5, 0.6) is 11.5 Å². The first-order valence-electron chi connectivity index (χ1n) is 6.63. The second kappa shape index (κ2) is 5.92. The molecule has 1 N–H and O–H groups in total. The quantitative estimate of drug-likeness (QED) is 0.939. The molecule has 0 unspecified atom stereocenters. The molecular formula is C16H14ClFO3. The molecular weight excluding hydrogens is 295 g/mol. The summed E-state index contributed by atoms with van der Waals surface area (Å²) < 4.78 is 24.6. The van der Waals surface area contributed by atoms with Crippen molar-refractivity contribution in [2.45, 2.75) is 19.6 Å². The van der Waals surface area contributed by atoms with Crippen LogP contribution in [0.1, 0.15) is 16.7 Å². The summed E-state index contributed by atoms with van der Waals surface area (Å²) in [7, 11) is 0. The molecule has 0 aromatic heterocycles. The summed E-state index contributed by atoms with van der Waals surface area (Å²) in [4.78, 5) is 0. The van der Waals surface area contributed by atoms with Gasteiger partial charge in [0.2, 0.25) is 0 Å². The lowest BCUT2D eigenvalue weighted by Crippen LogP contribution is -2.00. The van der Waals surface area contributed by atoms with Gasteiger partial charge in [-0.25, -0.2) is 4.39 Å². The molecule has 0 amide bonds. The Bertz CT molecular complexity index is 673. The molecule has 21 heavy (non-hydrogen) atoms. The number of hydrogen-bond acceptors (Lipinski definition) is 3. The third-order valence-corrected chi connectivity index (χ3v) is 3.55. The van der Waals surface area contributed by atoms with Crippen molar-refractivity contribution >= 4 is 11.6 Å². The third-order valence-electron chi connectivity index (χ3n) is 3.33. The van der Waals surface area contributed by atoms with Gasteiger partial charge in [0.25, 0.3) is 0 Å². The van der Waals surface area contributed by atoms with E-state index in [1.54, 1.807) is 12.1 Å². The highest BCUT2D eigenvalue weighted by Gasteiger charge is 2.18. The number of aliphatic hydroxyl groups is 1. The van der Waals surface area contributed by atoms with Crippen LogP contribution < -0.4 is 9.47 Å². The van der Waals surface area contributed by atoms with Crippen molar-refractivity contribution in [1.82, 2.24) is 0 Å². The number of hydrogen-bond donors (Lipinski definition) is 1. The minimum Gasteiger partial charge on any atom is -0.493 e. The monoisotopic (exact) mass is 308 g/mol. The zero-order valence-corrected chi connectivity index (χ0v) is 12.0. The van der Waals surface area contributed by atoms with E-state index in [1.807, 2.05) is 6.07 Å². The summed E-state index contributed by atoms with van der Waals surface area (Å²) in [5.41, 5.74) is 2.37. The van der Waals surface area contributed by atoms with Crippen LogP contribution >= 0.6 is 11.6 Å². The van der Waals surface area contributed by atoms with Gasteiger partial charge in [-0.05, 0) is 35.4 Å². The minimum absolute atomic E-state index is 0.232. The second-order valence-corrected chi connectivity index (χ2v) is 5.33. The largest absolute Gasteiger partial charge is 0.493 e. The summed E-state index contributed by atoms with van der Waals surface area (Å²) in [5.74, 6) is 0.730. The standard InChI is InChI=1S/C16H14ClFO3/c17-13-5-11-1-2-20-16(11)12(6-13)9-21-15-4-10(8-19)3-14(18)7-15/h3-7,19H,1-2,8-9H2. The minimum atomic E-state index is -0.441. The number of benzene rings is 2. The van der Waals surface area contributed by atoms with E-state index in [2.05, 4.69) is 0 Å². The molecule has 3 nitrogen and oxygen atoms in total. The molecule has 2 aromatic rings. The van der Waals surface area contributed by atoms with Gasteiger partial charge in [-0.3, -0.25) is 0 Å². The fourth-order valence-corrected chi connectivity index (χ4v) is 2.67. The number of fused-ring (bicyclic) bond motifs is 1. The molecule has 1 aliphatic rings. The first kappa shape index (κ1) is 14.2. The molecule has 0 saturated carbocycles. The van der Waals surface area contributed by atoms with Crippen LogP contribution in [-0.4, -0.2) is 11.7 Å². The number of ether oxygens (including phenoxy) is 2. The van der Waals surface area contributed by atoms with Crippen LogP contribution in [0.25, 0.3) is 0 Å². The average Bonchev–Trinajstić information content (AvgIpc) is 2.92. The molecule has 3 rings (SSSR count). The smallest absolute Gasteiger partial charge is 0.129 e. The van der Waals surface area contributed by atoms with Crippen LogP contribution in [0.15, 0.2) is 30.3 Å². The lowest BCUT2D eigenvalue weighted by Gasteiger charge is -2.11. The molecule has 0 atom stereocenters. The zero-order valence-electron chi connectivity index (χ0n) is 11.2. The summed E-state index contributed by atoms with van der Waals surface area (Å²) >= 11 is 6.08. The van der Waals surface area contributed by atoms with E-state index in [1.165, 1.54) is 12.1 Å². The van der Waals surface area contributed by atoms with Crippen molar-refractivity contribution in [3.63, 3.8) is 0 Å². The summed E-state index contributed by atoms with van der Waals surface area (Å²) in [6.45, 7) is 0.637. The van der Waals surface area contributed by atoms with Crippen molar-refractivity contribution in [3.8, 4) is 11.5 Å². The topological polar surface area (TPSA) is 38.7 Å². The van der Waals surface area contributed by atoms with Gasteiger partial charge in [0, 0.05) is 23.1 Å². The molecule has 0 spiro atoms. The molecule has 1 aliphatic heterocycles. The molecule has 110 valence electrons. The van der Waals surface area contributed by atoms with Crippen LogP contribution in [0.2, 0.25) is 5.02 Å². The lowest BCUT2D eigenvalue weighted by atomic mass is 10.1. The zero-order chi connectivity index (χ0) is 14.8. The Kier molecular flexibility index (Phi) is 3.99. The highest BCUT2D eigenvalue weighted by Crippen LogP contribution is 2.33. The normalized spacial score (nSPS) is 12.9. The van der Waals surface area contributed by atoms with Gasteiger partial charge in [0.1, 0.15) is 23.9 Å². The maximum atomic E-state index is 13.4. The van der Waals surface area contributed by atoms with Crippen molar-refractivity contribution in [2.75, 3.05) is 6.61 Å². The van der Waals surface area contributed by atoms with Crippen molar-refractivity contribution in [3.05, 3.63) is 57.9 Å². The Morgan fingerprint density at radius 1 is 1.24 bits per heavy atom. The summed E-state index contributed by atoms with van der Waals surface area (Å²) in [5, 5.41) is 9.71. The van der Waals surface area contributed by atoms with Crippen molar-refractivity contribution in [2.24, 2.45) is 0 Å². The fraction of sp³-hybridized carbons (Fsp3) is 0.250. The molecule has 0 fully saturated rings. The van der Waals surface area contributed by atoms with E-state index < -0.39 is 5.82 Å². The molecule has 1 heterocycles. The Morgan fingerprint density at radius 3 is 2.90 bits per heavy atom. The van der Waals surface area contributed by atoms with E-state index in [-0.39, 0.29) is 13.2 Å². The SMILES string of the molecule is OCc1cc(F)cc(OCc2cc(Cl)cc3c2OCC3)c1. The van der Waals surface area contributed by atoms with Gasteiger partial charge in [0.05, 0.1) is 13.2 Å². The fourth-order valence-electron chi connectivity index (χ4n) is 2.41. The van der Waals surface area contributed by atoms with Crippen molar-refractivity contribution in [1.29, 1.82) is 0 Å². The molecule has 0 aliphatic carbocycles. The molecule has 0 bridgehead atoms. The van der Waals surface area contributed by atoms with Gasteiger partial charge >= 0.3 is 0 Å². The molecule has 0 radical (unpaired) electrons. The van der Waals surface area contributed by atoms with Gasteiger partial charge in [0.15, 0.2) is 0 Å². The maximum Gasteiger partial charge on any atom is 0.129 e. The number of halogens is 2. The van der Waals surface area contributed by atoms with Crippen LogP contribution in [0, 0.1) is 5.82 Å². The molecule has 5 heteroatoms. The van der Waals surface area contributed by atoms with Crippen LogP contribution in [-0.2, 0) is 19.6 Å². The van der Waals surface area contributed by atoms with Crippen molar-refractivity contribution < 1.29 is 19.0 Å². The molecule has 2 aromatic carbocycles. The Morgan fingerprint density at radius 2 is 2.10 bits per heavy atom. The lowest BCUT2D eigenvalue weighted by molar-refractivity contribution is 0.274. The highest BCUT2D eigenvalue weighted by atomic mass is 35.5. The van der Waals surface area contributed by atoms with E-state index in [0.29, 0.717) is 22.9 Å². The first-order chi connectivity index (χ1) is 10.2. The van der Waals surface area contributed by atoms with Gasteiger partial charge in [-0.2, -0.15) is 0 Å². The number of aliphatic hydroxyl groups excluding tert-OH is 1. The third kappa shape index (κ3) is 3.12. The second-order valence-electron chi connectivity index (χ2n) is 4.89. The number of rotatable bonds is 4. The van der Waals surface area contributed by atoms with E-state index >= 15 is 0 Å². The van der Waals surface area contributed by atoms with E-state index in [4.69, 9.17) is 26.2 Å². The van der Waals surface area contributed by atoms with Crippen LogP contribution in [0.3, 0.4) is 0 Å². The van der Waals surface area contributed by atoms with E-state index in [0.717, 1.165) is 23.3 Å². The van der Waals surface area contributed by atoms with Gasteiger partial charge < -0.3 is 14.6 Å². The predicted molar refractivity (Wildman–Crippen MR) is 77.3 cm³/mol. The Balaban J connectivity index is 1.81. The van der Waals surface area contributed by atoms with Gasteiger partial charge in [-0.15, -0.1) is 0 Å². The first-order valence-corrected chi connectivity index (χ1v) is 7.01. The molecule has 0 saturated heterocycles. The van der Waals surface area contributed by atoms with Gasteiger partial charge in [-0.1, -0.05) is 11.6 Å². The van der Waals surface area contributed by atoms with Crippen LogP contribution in [0.4, 0.5) is 4.39 Å². The summed E-state index contributed by atoms with van der Waals surface area (Å²) in [6, 6.07) is 7.84. The maximum absolute atomic E-state index is 13.4. The Labute approximate surface area is 126 Å². The average molecular weight is 309 g/mol. The predicted octanol–water partition coefficient (Wildman–Crippen LogP) is 3.49. The highest BCUT2D eigenvalue weighted by molar-refractivity contribution is 6.30. The Hall–Kier alpha value is -1.78. The summed E-state index contributed by atoms with van der Waals surface area (Å²) in [6.07, 6.45) is 0.831. The van der Waals surface area contributed by atoms with E-state index in [9.17, 15) is 4.39 Å².